The van der Waals surface area contributed by atoms with Crippen molar-refractivity contribution < 1.29 is 14.3 Å². The summed E-state index contributed by atoms with van der Waals surface area (Å²) in [6.45, 7) is 3.30. The first-order valence-corrected chi connectivity index (χ1v) is 6.11. The van der Waals surface area contributed by atoms with Gasteiger partial charge in [0.2, 0.25) is 11.8 Å². The van der Waals surface area contributed by atoms with E-state index < -0.39 is 0 Å². The lowest BCUT2D eigenvalue weighted by molar-refractivity contribution is -0.137. The van der Waals surface area contributed by atoms with Crippen LogP contribution in [0.4, 0.5) is 0 Å². The van der Waals surface area contributed by atoms with Crippen molar-refractivity contribution in [1.29, 1.82) is 0 Å². The molecule has 0 bridgehead atoms. The van der Waals surface area contributed by atoms with Gasteiger partial charge in [-0.2, -0.15) is 0 Å². The topological polar surface area (TPSA) is 70.7 Å². The number of carbonyl (C=O) groups excluding carboxylic acids is 2. The van der Waals surface area contributed by atoms with Crippen LogP contribution in [0.1, 0.15) is 12.8 Å². The summed E-state index contributed by atoms with van der Waals surface area (Å²) in [4.78, 5) is 24.8. The fourth-order valence-electron chi connectivity index (χ4n) is 2.10. The minimum absolute atomic E-state index is 0.00150. The summed E-state index contributed by atoms with van der Waals surface area (Å²) >= 11 is 0. The van der Waals surface area contributed by atoms with Crippen LogP contribution >= 0.6 is 0 Å². The van der Waals surface area contributed by atoms with Crippen LogP contribution in [-0.4, -0.2) is 62.1 Å². The monoisotopic (exact) mass is 241 g/mol. The molecule has 0 aromatic rings. The molecule has 0 aromatic carbocycles. The fraction of sp³-hybridized carbons (Fsp3) is 0.818. The number of carbonyl (C=O) groups is 2. The summed E-state index contributed by atoms with van der Waals surface area (Å²) in [5.74, 6) is -0.0643. The molecule has 2 fully saturated rings. The number of nitrogens with zero attached hydrogens (tertiary/aromatic N) is 1. The molecule has 2 N–H and O–H groups in total. The van der Waals surface area contributed by atoms with Gasteiger partial charge in [-0.1, -0.05) is 0 Å². The molecule has 96 valence electrons. The van der Waals surface area contributed by atoms with E-state index in [1.807, 2.05) is 0 Å². The standard InChI is InChI=1S/C11H19N3O3/c15-10(13-9-1-5-17-6-2-9)8-14-4-3-12-7-11(14)16/h9,12H,1-8H2,(H,13,15). The Balaban J connectivity index is 1.74. The van der Waals surface area contributed by atoms with Gasteiger partial charge in [-0.15, -0.1) is 0 Å². The number of rotatable bonds is 3. The first-order valence-electron chi connectivity index (χ1n) is 6.11. The number of amides is 2. The van der Waals surface area contributed by atoms with Crippen molar-refractivity contribution in [1.82, 2.24) is 15.5 Å². The third kappa shape index (κ3) is 3.67. The van der Waals surface area contributed by atoms with E-state index in [1.165, 1.54) is 0 Å². The van der Waals surface area contributed by atoms with E-state index in [4.69, 9.17) is 4.74 Å². The van der Waals surface area contributed by atoms with E-state index >= 15 is 0 Å². The summed E-state index contributed by atoms with van der Waals surface area (Å²) in [5, 5.41) is 5.93. The molecule has 2 heterocycles. The van der Waals surface area contributed by atoms with Crippen LogP contribution in [0.3, 0.4) is 0 Å². The smallest absolute Gasteiger partial charge is 0.239 e. The Morgan fingerprint density at radius 1 is 1.47 bits per heavy atom. The Kier molecular flexibility index (Phi) is 4.33. The number of ether oxygens (including phenoxy) is 1. The van der Waals surface area contributed by atoms with Gasteiger partial charge in [-0.3, -0.25) is 9.59 Å². The van der Waals surface area contributed by atoms with Crippen molar-refractivity contribution in [2.75, 3.05) is 39.4 Å². The third-order valence-electron chi connectivity index (χ3n) is 3.11. The fourth-order valence-corrected chi connectivity index (χ4v) is 2.10. The van der Waals surface area contributed by atoms with Crippen LogP contribution in [-0.2, 0) is 14.3 Å². The Labute approximate surface area is 101 Å². The van der Waals surface area contributed by atoms with Crippen molar-refractivity contribution in [3.8, 4) is 0 Å². The zero-order valence-corrected chi connectivity index (χ0v) is 9.91. The van der Waals surface area contributed by atoms with Crippen LogP contribution in [0.2, 0.25) is 0 Å². The molecule has 2 aliphatic rings. The van der Waals surface area contributed by atoms with Crippen molar-refractivity contribution in [3.05, 3.63) is 0 Å². The molecule has 0 atom stereocenters. The minimum Gasteiger partial charge on any atom is -0.381 e. The summed E-state index contributed by atoms with van der Waals surface area (Å²) in [5.41, 5.74) is 0. The second-order valence-corrected chi connectivity index (χ2v) is 4.45. The summed E-state index contributed by atoms with van der Waals surface area (Å²) in [6.07, 6.45) is 1.72. The third-order valence-corrected chi connectivity index (χ3v) is 3.11. The molecule has 0 spiro atoms. The van der Waals surface area contributed by atoms with Crippen molar-refractivity contribution in [2.24, 2.45) is 0 Å². The molecule has 2 rings (SSSR count). The maximum Gasteiger partial charge on any atom is 0.239 e. The Morgan fingerprint density at radius 2 is 2.24 bits per heavy atom. The Bertz CT molecular complexity index is 290. The molecule has 0 radical (unpaired) electrons. The molecule has 0 aliphatic carbocycles. The van der Waals surface area contributed by atoms with Crippen LogP contribution in [0.25, 0.3) is 0 Å². The average Bonchev–Trinajstić information content (AvgIpc) is 2.33. The number of piperazine rings is 1. The SMILES string of the molecule is O=C(CN1CCNCC1=O)NC1CCOCC1. The maximum atomic E-state index is 11.8. The zero-order chi connectivity index (χ0) is 12.1. The molecular formula is C11H19N3O3. The first kappa shape index (κ1) is 12.3. The van der Waals surface area contributed by atoms with E-state index in [0.29, 0.717) is 26.3 Å². The van der Waals surface area contributed by atoms with Gasteiger partial charge in [0, 0.05) is 32.3 Å². The molecular weight excluding hydrogens is 222 g/mol. The molecule has 0 aromatic heterocycles. The largest absolute Gasteiger partial charge is 0.381 e. The van der Waals surface area contributed by atoms with E-state index in [2.05, 4.69) is 10.6 Å². The number of nitrogens with one attached hydrogen (secondary N) is 2. The maximum absolute atomic E-state index is 11.8. The van der Waals surface area contributed by atoms with Crippen LogP contribution in [0.15, 0.2) is 0 Å². The predicted molar refractivity (Wildman–Crippen MR) is 61.4 cm³/mol. The van der Waals surface area contributed by atoms with E-state index in [-0.39, 0.29) is 24.4 Å². The number of hydrogen-bond donors (Lipinski definition) is 2. The normalized spacial score (nSPS) is 22.6. The Hall–Kier alpha value is -1.14. The summed E-state index contributed by atoms with van der Waals surface area (Å²) in [6, 6.07) is 0.203. The highest BCUT2D eigenvalue weighted by Gasteiger charge is 2.22. The second-order valence-electron chi connectivity index (χ2n) is 4.45. The molecule has 0 unspecified atom stereocenters. The summed E-state index contributed by atoms with van der Waals surface area (Å²) in [7, 11) is 0. The molecule has 6 nitrogen and oxygen atoms in total. The highest BCUT2D eigenvalue weighted by atomic mass is 16.5. The highest BCUT2D eigenvalue weighted by molar-refractivity contribution is 5.86. The molecule has 0 saturated carbocycles. The van der Waals surface area contributed by atoms with Gasteiger partial charge >= 0.3 is 0 Å². The van der Waals surface area contributed by atoms with Gasteiger partial charge < -0.3 is 20.3 Å². The molecule has 2 amide bonds. The quantitative estimate of drug-likeness (QED) is 0.645. The van der Waals surface area contributed by atoms with Gasteiger partial charge in [0.25, 0.3) is 0 Å². The van der Waals surface area contributed by atoms with Crippen molar-refractivity contribution in [2.45, 2.75) is 18.9 Å². The minimum atomic E-state index is -0.0628. The lowest BCUT2D eigenvalue weighted by Gasteiger charge is -2.28. The number of hydrogen-bond acceptors (Lipinski definition) is 4. The van der Waals surface area contributed by atoms with Gasteiger partial charge in [0.05, 0.1) is 13.1 Å². The highest BCUT2D eigenvalue weighted by Crippen LogP contribution is 2.06. The van der Waals surface area contributed by atoms with E-state index in [1.54, 1.807) is 4.90 Å². The van der Waals surface area contributed by atoms with Crippen LogP contribution < -0.4 is 10.6 Å². The van der Waals surface area contributed by atoms with Crippen LogP contribution in [0, 0.1) is 0 Å². The van der Waals surface area contributed by atoms with Gasteiger partial charge in [0.15, 0.2) is 0 Å². The molecule has 2 saturated heterocycles. The van der Waals surface area contributed by atoms with E-state index in [9.17, 15) is 9.59 Å². The molecule has 17 heavy (non-hydrogen) atoms. The van der Waals surface area contributed by atoms with Gasteiger partial charge in [-0.05, 0) is 12.8 Å². The molecule has 6 heteroatoms. The lowest BCUT2D eigenvalue weighted by atomic mass is 10.1. The second kappa shape index (κ2) is 5.97. The Morgan fingerprint density at radius 3 is 2.94 bits per heavy atom. The van der Waals surface area contributed by atoms with Gasteiger partial charge in [0.1, 0.15) is 0 Å². The first-order chi connectivity index (χ1) is 8.25. The zero-order valence-electron chi connectivity index (χ0n) is 9.91. The van der Waals surface area contributed by atoms with Gasteiger partial charge in [-0.25, -0.2) is 0 Å². The average molecular weight is 241 g/mol. The van der Waals surface area contributed by atoms with Crippen molar-refractivity contribution in [3.63, 3.8) is 0 Å². The van der Waals surface area contributed by atoms with Crippen LogP contribution in [0.5, 0.6) is 0 Å². The lowest BCUT2D eigenvalue weighted by Crippen LogP contribution is -2.52. The molecule has 2 aliphatic heterocycles. The predicted octanol–water partition coefficient (Wildman–Crippen LogP) is -1.29. The van der Waals surface area contributed by atoms with Crippen molar-refractivity contribution >= 4 is 11.8 Å². The van der Waals surface area contributed by atoms with E-state index in [0.717, 1.165) is 19.4 Å². The summed E-state index contributed by atoms with van der Waals surface area (Å²) < 4.78 is 5.22.